The molecule has 8 nitrogen and oxygen atoms in total. The van der Waals surface area contributed by atoms with E-state index in [4.69, 9.17) is 31.4 Å². The van der Waals surface area contributed by atoms with Gasteiger partial charge in [-0.15, -0.1) is 0 Å². The van der Waals surface area contributed by atoms with Gasteiger partial charge in [0, 0.05) is 18.2 Å². The van der Waals surface area contributed by atoms with Crippen LogP contribution in [0.25, 0.3) is 11.1 Å². The van der Waals surface area contributed by atoms with Crippen molar-refractivity contribution in [2.45, 2.75) is 20.3 Å². The predicted octanol–water partition coefficient (Wildman–Crippen LogP) is 3.29. The van der Waals surface area contributed by atoms with Crippen molar-refractivity contribution in [2.24, 2.45) is 0 Å². The van der Waals surface area contributed by atoms with Crippen molar-refractivity contribution >= 4 is 17.5 Å². The van der Waals surface area contributed by atoms with Gasteiger partial charge in [0.15, 0.2) is 0 Å². The number of rotatable bonds is 8. The number of aromatic nitrogens is 2. The van der Waals surface area contributed by atoms with E-state index in [1.165, 1.54) is 0 Å². The summed E-state index contributed by atoms with van der Waals surface area (Å²) in [6.45, 7) is 4.88. The van der Waals surface area contributed by atoms with Crippen molar-refractivity contribution in [3.05, 3.63) is 47.7 Å². The monoisotopic (exact) mass is 409 g/mol. The standard InChI is InChI=1S/C22H27N5O3/c1-4-29-18-9-13(8-15-12-26-22(25)27-21(15)24)10-19(30-5-2)20(18)14-6-7-16(23)17(11-14)28-3/h6-7,9-12H,4-5,8,23H2,1-3H3,(H4,24,25,26,27). The van der Waals surface area contributed by atoms with Crippen molar-refractivity contribution < 1.29 is 14.2 Å². The van der Waals surface area contributed by atoms with E-state index in [-0.39, 0.29) is 5.95 Å². The van der Waals surface area contributed by atoms with E-state index in [9.17, 15) is 0 Å². The molecule has 0 unspecified atom stereocenters. The Morgan fingerprint density at radius 1 is 0.900 bits per heavy atom. The maximum absolute atomic E-state index is 6.01. The summed E-state index contributed by atoms with van der Waals surface area (Å²) < 4.78 is 17.3. The number of nitrogen functional groups attached to an aromatic ring is 3. The maximum Gasteiger partial charge on any atom is 0.221 e. The Kier molecular flexibility index (Phi) is 6.46. The predicted molar refractivity (Wildman–Crippen MR) is 119 cm³/mol. The molecule has 0 bridgehead atoms. The second-order valence-electron chi connectivity index (χ2n) is 6.61. The molecule has 0 radical (unpaired) electrons. The van der Waals surface area contributed by atoms with Crippen LogP contribution < -0.4 is 31.4 Å². The summed E-state index contributed by atoms with van der Waals surface area (Å²) in [7, 11) is 1.59. The van der Waals surface area contributed by atoms with Crippen LogP contribution in [0.3, 0.4) is 0 Å². The summed E-state index contributed by atoms with van der Waals surface area (Å²) in [6.07, 6.45) is 2.15. The third kappa shape index (κ3) is 4.48. The Labute approximate surface area is 176 Å². The van der Waals surface area contributed by atoms with Gasteiger partial charge in [-0.1, -0.05) is 6.07 Å². The molecule has 3 aromatic rings. The average Bonchev–Trinajstić information content (AvgIpc) is 2.71. The number of hydrogen-bond acceptors (Lipinski definition) is 8. The van der Waals surface area contributed by atoms with Crippen LogP contribution >= 0.6 is 0 Å². The molecule has 3 rings (SSSR count). The zero-order chi connectivity index (χ0) is 21.7. The molecule has 0 fully saturated rings. The molecule has 0 amide bonds. The Hall–Kier alpha value is -3.68. The van der Waals surface area contributed by atoms with Crippen molar-refractivity contribution in [1.29, 1.82) is 0 Å². The lowest BCUT2D eigenvalue weighted by molar-refractivity contribution is 0.325. The van der Waals surface area contributed by atoms with Gasteiger partial charge in [0.25, 0.3) is 0 Å². The molecular formula is C22H27N5O3. The van der Waals surface area contributed by atoms with E-state index in [0.717, 1.165) is 22.3 Å². The largest absolute Gasteiger partial charge is 0.495 e. The summed E-state index contributed by atoms with van der Waals surface area (Å²) in [5, 5.41) is 0. The molecule has 0 aliphatic carbocycles. The number of hydrogen-bond donors (Lipinski definition) is 3. The Morgan fingerprint density at radius 2 is 1.57 bits per heavy atom. The molecule has 1 heterocycles. The van der Waals surface area contributed by atoms with Gasteiger partial charge < -0.3 is 31.4 Å². The highest BCUT2D eigenvalue weighted by atomic mass is 16.5. The molecule has 8 heteroatoms. The Balaban J connectivity index is 2.12. The lowest BCUT2D eigenvalue weighted by Gasteiger charge is -2.19. The fourth-order valence-corrected chi connectivity index (χ4v) is 3.23. The lowest BCUT2D eigenvalue weighted by Crippen LogP contribution is -2.05. The van der Waals surface area contributed by atoms with Gasteiger partial charge in [-0.25, -0.2) is 4.98 Å². The van der Waals surface area contributed by atoms with Gasteiger partial charge in [0.1, 0.15) is 23.1 Å². The van der Waals surface area contributed by atoms with Gasteiger partial charge in [0.2, 0.25) is 5.95 Å². The van der Waals surface area contributed by atoms with Crippen LogP contribution in [0.5, 0.6) is 17.2 Å². The molecule has 0 saturated carbocycles. The van der Waals surface area contributed by atoms with Gasteiger partial charge in [-0.05, 0) is 49.2 Å². The highest BCUT2D eigenvalue weighted by Gasteiger charge is 2.18. The van der Waals surface area contributed by atoms with E-state index < -0.39 is 0 Å². The Bertz CT molecular complexity index is 1010. The summed E-state index contributed by atoms with van der Waals surface area (Å²) in [5.74, 6) is 2.48. The topological polar surface area (TPSA) is 132 Å². The van der Waals surface area contributed by atoms with Crippen LogP contribution in [0.2, 0.25) is 0 Å². The van der Waals surface area contributed by atoms with Crippen LogP contribution in [0, 0.1) is 0 Å². The number of methoxy groups -OCH3 is 1. The number of nitrogens with zero attached hydrogens (tertiary/aromatic N) is 2. The van der Waals surface area contributed by atoms with E-state index in [1.807, 2.05) is 38.1 Å². The molecule has 0 saturated heterocycles. The maximum atomic E-state index is 6.01. The highest BCUT2D eigenvalue weighted by Crippen LogP contribution is 2.42. The summed E-state index contributed by atoms with van der Waals surface area (Å²) in [6, 6.07) is 9.55. The first-order chi connectivity index (χ1) is 14.5. The van der Waals surface area contributed by atoms with Gasteiger partial charge in [-0.3, -0.25) is 0 Å². The summed E-state index contributed by atoms with van der Waals surface area (Å²) in [5.41, 5.74) is 21.6. The zero-order valence-corrected chi connectivity index (χ0v) is 17.4. The number of anilines is 3. The smallest absolute Gasteiger partial charge is 0.221 e. The average molecular weight is 409 g/mol. The quantitative estimate of drug-likeness (QED) is 0.483. The molecule has 6 N–H and O–H groups in total. The van der Waals surface area contributed by atoms with Crippen molar-refractivity contribution in [3.63, 3.8) is 0 Å². The minimum atomic E-state index is 0.147. The second-order valence-corrected chi connectivity index (χ2v) is 6.61. The summed E-state index contributed by atoms with van der Waals surface area (Å²) >= 11 is 0. The fourth-order valence-electron chi connectivity index (χ4n) is 3.23. The van der Waals surface area contributed by atoms with Crippen LogP contribution in [0.4, 0.5) is 17.5 Å². The van der Waals surface area contributed by atoms with E-state index in [0.29, 0.717) is 48.4 Å². The van der Waals surface area contributed by atoms with Crippen molar-refractivity contribution in [1.82, 2.24) is 9.97 Å². The molecule has 2 aromatic carbocycles. The van der Waals surface area contributed by atoms with Crippen molar-refractivity contribution in [3.8, 4) is 28.4 Å². The molecule has 0 spiro atoms. The van der Waals surface area contributed by atoms with Crippen LogP contribution in [0.15, 0.2) is 36.5 Å². The molecule has 0 atom stereocenters. The van der Waals surface area contributed by atoms with Gasteiger partial charge >= 0.3 is 0 Å². The molecule has 0 aliphatic rings. The minimum absolute atomic E-state index is 0.147. The van der Waals surface area contributed by atoms with Crippen molar-refractivity contribution in [2.75, 3.05) is 37.5 Å². The third-order valence-electron chi connectivity index (χ3n) is 4.56. The molecule has 1 aromatic heterocycles. The Morgan fingerprint density at radius 3 is 2.13 bits per heavy atom. The molecule has 0 aliphatic heterocycles. The van der Waals surface area contributed by atoms with Crippen LogP contribution in [0.1, 0.15) is 25.0 Å². The number of nitrogens with two attached hydrogens (primary N) is 3. The first kappa shape index (κ1) is 21.0. The number of benzene rings is 2. The van der Waals surface area contributed by atoms with Gasteiger partial charge in [0.05, 0.1) is 31.6 Å². The van der Waals surface area contributed by atoms with E-state index >= 15 is 0 Å². The normalized spacial score (nSPS) is 10.6. The fraction of sp³-hybridized carbons (Fsp3) is 0.273. The first-order valence-electron chi connectivity index (χ1n) is 9.70. The minimum Gasteiger partial charge on any atom is -0.495 e. The number of ether oxygens (including phenoxy) is 3. The van der Waals surface area contributed by atoms with Crippen LogP contribution in [-0.4, -0.2) is 30.3 Å². The lowest BCUT2D eigenvalue weighted by atomic mass is 9.98. The third-order valence-corrected chi connectivity index (χ3v) is 4.56. The van der Waals surface area contributed by atoms with E-state index in [1.54, 1.807) is 19.4 Å². The highest BCUT2D eigenvalue weighted by molar-refractivity contribution is 5.80. The first-order valence-corrected chi connectivity index (χ1v) is 9.70. The van der Waals surface area contributed by atoms with E-state index in [2.05, 4.69) is 9.97 Å². The van der Waals surface area contributed by atoms with Crippen LogP contribution in [-0.2, 0) is 6.42 Å². The SMILES string of the molecule is CCOc1cc(Cc2cnc(N)nc2N)cc(OCC)c1-c1ccc(N)c(OC)c1. The summed E-state index contributed by atoms with van der Waals surface area (Å²) in [4.78, 5) is 8.08. The molecule has 158 valence electrons. The van der Waals surface area contributed by atoms with Gasteiger partial charge in [-0.2, -0.15) is 4.98 Å². The molecular weight excluding hydrogens is 382 g/mol. The zero-order valence-electron chi connectivity index (χ0n) is 17.4. The second kappa shape index (κ2) is 9.21. The molecule has 30 heavy (non-hydrogen) atoms.